The molecule has 0 saturated carbocycles. The molecule has 0 saturated heterocycles. The normalized spacial score (nSPS) is 12.4. The fraction of sp³-hybridized carbons (Fsp3) is 0.455. The van der Waals surface area contributed by atoms with E-state index in [-0.39, 0.29) is 34.8 Å². The molecule has 0 spiro atoms. The largest absolute Gasteiger partial charge is 0.396 e. The van der Waals surface area contributed by atoms with E-state index in [9.17, 15) is 12.8 Å². The Bertz CT molecular complexity index is 563. The van der Waals surface area contributed by atoms with E-state index in [1.807, 2.05) is 0 Å². The van der Waals surface area contributed by atoms with E-state index >= 15 is 0 Å². The summed E-state index contributed by atoms with van der Waals surface area (Å²) < 4.78 is 39.1. The van der Waals surface area contributed by atoms with Gasteiger partial charge in [0.15, 0.2) is 0 Å². The first-order valence-electron chi connectivity index (χ1n) is 5.59. The maximum atomic E-state index is 13.2. The summed E-state index contributed by atoms with van der Waals surface area (Å²) in [5.74, 6) is -0.776. The Hall–Kier alpha value is -0.890. The fourth-order valence-corrected chi connectivity index (χ4v) is 3.78. The van der Waals surface area contributed by atoms with Crippen molar-refractivity contribution in [1.29, 1.82) is 0 Å². The lowest BCUT2D eigenvalue weighted by atomic mass is 10.3. The van der Waals surface area contributed by atoms with Crippen LogP contribution >= 0.6 is 11.6 Å². The summed E-state index contributed by atoms with van der Waals surface area (Å²) in [5.41, 5.74) is 5.07. The minimum absolute atomic E-state index is 0.0758. The van der Waals surface area contributed by atoms with Crippen LogP contribution in [0.4, 0.5) is 10.1 Å². The molecule has 0 atom stereocenters. The Morgan fingerprint density at radius 1 is 1.47 bits per heavy atom. The van der Waals surface area contributed by atoms with Crippen LogP contribution in [0, 0.1) is 5.82 Å². The molecule has 19 heavy (non-hydrogen) atoms. The molecule has 0 bridgehead atoms. The number of nitrogens with two attached hydrogens (primary N) is 1. The van der Waals surface area contributed by atoms with Crippen LogP contribution in [0.15, 0.2) is 17.0 Å². The molecule has 3 N–H and O–H groups in total. The highest BCUT2D eigenvalue weighted by atomic mass is 35.5. The van der Waals surface area contributed by atoms with E-state index in [2.05, 4.69) is 0 Å². The highest BCUT2D eigenvalue weighted by molar-refractivity contribution is 7.89. The molecule has 1 aromatic rings. The molecule has 0 fully saturated rings. The second-order valence-electron chi connectivity index (χ2n) is 4.24. The molecule has 0 amide bonds. The summed E-state index contributed by atoms with van der Waals surface area (Å²) in [6.07, 6.45) is 0. The van der Waals surface area contributed by atoms with Crippen molar-refractivity contribution in [2.45, 2.75) is 24.8 Å². The summed E-state index contributed by atoms with van der Waals surface area (Å²) >= 11 is 5.77. The van der Waals surface area contributed by atoms with Gasteiger partial charge < -0.3 is 10.8 Å². The van der Waals surface area contributed by atoms with Gasteiger partial charge in [-0.2, -0.15) is 4.31 Å². The van der Waals surface area contributed by atoms with Gasteiger partial charge in [-0.3, -0.25) is 0 Å². The maximum Gasteiger partial charge on any atom is 0.244 e. The van der Waals surface area contributed by atoms with Crippen LogP contribution in [0.5, 0.6) is 0 Å². The van der Waals surface area contributed by atoms with Crippen molar-refractivity contribution in [3.63, 3.8) is 0 Å². The summed E-state index contributed by atoms with van der Waals surface area (Å²) in [6, 6.07) is 1.47. The number of halogens is 2. The Kier molecular flexibility index (Phi) is 5.14. The number of hydrogen-bond acceptors (Lipinski definition) is 4. The first-order chi connectivity index (χ1) is 8.71. The third kappa shape index (κ3) is 3.36. The molecule has 0 aliphatic heterocycles. The van der Waals surface area contributed by atoms with Gasteiger partial charge in [0.1, 0.15) is 10.7 Å². The predicted octanol–water partition coefficient (Wildman–Crippen LogP) is 1.45. The summed E-state index contributed by atoms with van der Waals surface area (Å²) in [7, 11) is -3.94. The van der Waals surface area contributed by atoms with Crippen molar-refractivity contribution in [1.82, 2.24) is 4.31 Å². The highest BCUT2D eigenvalue weighted by Crippen LogP contribution is 2.29. The highest BCUT2D eigenvalue weighted by Gasteiger charge is 2.29. The zero-order chi connectivity index (χ0) is 14.8. The first kappa shape index (κ1) is 16.2. The minimum Gasteiger partial charge on any atom is -0.396 e. The van der Waals surface area contributed by atoms with Gasteiger partial charge in [0.05, 0.1) is 17.3 Å². The third-order valence-corrected chi connectivity index (χ3v) is 5.07. The molecular weight excluding hydrogens is 295 g/mol. The van der Waals surface area contributed by atoms with Crippen LogP contribution in [0.3, 0.4) is 0 Å². The smallest absolute Gasteiger partial charge is 0.244 e. The SMILES string of the molecule is CC(C)N(CCO)S(=O)(=O)c1cc(N)c(F)cc1Cl. The van der Waals surface area contributed by atoms with Gasteiger partial charge in [-0.05, 0) is 26.0 Å². The Morgan fingerprint density at radius 2 is 2.05 bits per heavy atom. The lowest BCUT2D eigenvalue weighted by molar-refractivity contribution is 0.236. The molecule has 0 unspecified atom stereocenters. The molecule has 0 radical (unpaired) electrons. The lowest BCUT2D eigenvalue weighted by Crippen LogP contribution is -2.39. The number of rotatable bonds is 5. The van der Waals surface area contributed by atoms with Crippen LogP contribution < -0.4 is 5.73 Å². The van der Waals surface area contributed by atoms with E-state index < -0.39 is 15.8 Å². The number of benzene rings is 1. The monoisotopic (exact) mass is 310 g/mol. The zero-order valence-corrected chi connectivity index (χ0v) is 12.2. The van der Waals surface area contributed by atoms with Crippen molar-refractivity contribution < 1.29 is 17.9 Å². The number of aliphatic hydroxyl groups excluding tert-OH is 1. The molecule has 8 heteroatoms. The molecule has 1 rings (SSSR count). The second kappa shape index (κ2) is 6.04. The Balaban J connectivity index is 3.37. The van der Waals surface area contributed by atoms with E-state index in [0.717, 1.165) is 16.4 Å². The molecule has 0 aliphatic rings. The molecule has 0 heterocycles. The van der Waals surface area contributed by atoms with Crippen LogP contribution in [0.25, 0.3) is 0 Å². The fourth-order valence-electron chi connectivity index (χ4n) is 1.62. The van der Waals surface area contributed by atoms with Crippen LogP contribution in [0.2, 0.25) is 5.02 Å². The van der Waals surface area contributed by atoms with Crippen molar-refractivity contribution in [2.75, 3.05) is 18.9 Å². The quantitative estimate of drug-likeness (QED) is 0.806. The van der Waals surface area contributed by atoms with Crippen molar-refractivity contribution in [3.05, 3.63) is 23.0 Å². The maximum absolute atomic E-state index is 13.2. The van der Waals surface area contributed by atoms with E-state index in [1.165, 1.54) is 0 Å². The van der Waals surface area contributed by atoms with Crippen LogP contribution in [-0.2, 0) is 10.0 Å². The van der Waals surface area contributed by atoms with Crippen LogP contribution in [0.1, 0.15) is 13.8 Å². The molecular formula is C11H16ClFN2O3S. The molecule has 1 aromatic carbocycles. The van der Waals surface area contributed by atoms with Crippen LogP contribution in [-0.4, -0.2) is 37.0 Å². The number of anilines is 1. The van der Waals surface area contributed by atoms with Gasteiger partial charge in [-0.1, -0.05) is 11.6 Å². The van der Waals surface area contributed by atoms with Gasteiger partial charge in [-0.15, -0.1) is 0 Å². The summed E-state index contributed by atoms with van der Waals surface area (Å²) in [6.45, 7) is 2.92. The predicted molar refractivity (Wildman–Crippen MR) is 71.9 cm³/mol. The number of sulfonamides is 1. The standard InChI is InChI=1S/C11H16ClFN2O3S/c1-7(2)15(3-4-16)19(17,18)11-6-10(14)9(13)5-8(11)12/h5-7,16H,3-4,14H2,1-2H3. The van der Waals surface area contributed by atoms with E-state index in [4.69, 9.17) is 22.4 Å². The number of aliphatic hydroxyl groups is 1. The topological polar surface area (TPSA) is 83.6 Å². The molecule has 0 aliphatic carbocycles. The number of hydrogen-bond donors (Lipinski definition) is 2. The van der Waals surface area contributed by atoms with Gasteiger partial charge in [0, 0.05) is 12.6 Å². The average Bonchev–Trinajstić information content (AvgIpc) is 2.29. The number of nitrogens with zero attached hydrogens (tertiary/aromatic N) is 1. The Morgan fingerprint density at radius 3 is 2.53 bits per heavy atom. The summed E-state index contributed by atoms with van der Waals surface area (Å²) in [5, 5.41) is 8.70. The number of nitrogen functional groups attached to an aromatic ring is 1. The zero-order valence-electron chi connectivity index (χ0n) is 10.6. The third-order valence-electron chi connectivity index (χ3n) is 2.53. The first-order valence-corrected chi connectivity index (χ1v) is 7.40. The minimum atomic E-state index is -3.94. The lowest BCUT2D eigenvalue weighted by Gasteiger charge is -2.25. The van der Waals surface area contributed by atoms with Crippen molar-refractivity contribution in [3.8, 4) is 0 Å². The average molecular weight is 311 g/mol. The summed E-state index contributed by atoms with van der Waals surface area (Å²) in [4.78, 5) is -0.268. The van der Waals surface area contributed by atoms with Crippen molar-refractivity contribution >= 4 is 27.3 Å². The molecule has 108 valence electrons. The molecule has 0 aromatic heterocycles. The van der Waals surface area contributed by atoms with Gasteiger partial charge >= 0.3 is 0 Å². The van der Waals surface area contributed by atoms with Gasteiger partial charge in [0.2, 0.25) is 10.0 Å². The molecule has 5 nitrogen and oxygen atoms in total. The van der Waals surface area contributed by atoms with E-state index in [1.54, 1.807) is 13.8 Å². The van der Waals surface area contributed by atoms with E-state index in [0.29, 0.717) is 0 Å². The van der Waals surface area contributed by atoms with Gasteiger partial charge in [0.25, 0.3) is 0 Å². The second-order valence-corrected chi connectivity index (χ2v) is 6.50. The van der Waals surface area contributed by atoms with Crippen molar-refractivity contribution in [2.24, 2.45) is 0 Å². The van der Waals surface area contributed by atoms with Gasteiger partial charge in [-0.25, -0.2) is 12.8 Å². The Labute approximate surface area is 116 Å².